The Bertz CT molecular complexity index is 953. The van der Waals surface area contributed by atoms with Gasteiger partial charge >= 0.3 is 0 Å². The second kappa shape index (κ2) is 6.85. The van der Waals surface area contributed by atoms with Gasteiger partial charge in [0.2, 0.25) is 0 Å². The third kappa shape index (κ3) is 3.04. The molecule has 2 aliphatic heterocycles. The number of aromatic nitrogens is 3. The maximum absolute atomic E-state index is 5.07. The Balaban J connectivity index is 1.53. The topological polar surface area (TPSA) is 46.3 Å². The average Bonchev–Trinajstić information content (AvgIpc) is 3.37. The van der Waals surface area contributed by atoms with Crippen LogP contribution < -0.4 is 0 Å². The Hall–Kier alpha value is -2.60. The molecule has 5 nitrogen and oxygen atoms in total. The highest BCUT2D eigenvalue weighted by Gasteiger charge is 2.44. The molecule has 5 rings (SSSR count). The van der Waals surface area contributed by atoms with Gasteiger partial charge in [-0.05, 0) is 36.4 Å². The van der Waals surface area contributed by atoms with E-state index in [1.807, 2.05) is 48.4 Å². The number of nitrogens with zero attached hydrogens (tertiary/aromatic N) is 5. The van der Waals surface area contributed by atoms with Crippen molar-refractivity contribution in [2.75, 3.05) is 6.54 Å². The van der Waals surface area contributed by atoms with Gasteiger partial charge in [0.25, 0.3) is 0 Å². The molecule has 1 fully saturated rings. The number of rotatable bonds is 4. The number of pyridine rings is 2. The van der Waals surface area contributed by atoms with Gasteiger partial charge in [0.15, 0.2) is 5.17 Å². The van der Waals surface area contributed by atoms with Crippen molar-refractivity contribution in [1.82, 2.24) is 19.4 Å². The number of hydrogen-bond acceptors (Lipinski definition) is 5. The van der Waals surface area contributed by atoms with Crippen molar-refractivity contribution in [3.05, 3.63) is 84.2 Å². The Morgan fingerprint density at radius 2 is 1.89 bits per heavy atom. The molecule has 3 unspecified atom stereocenters. The van der Waals surface area contributed by atoms with Crippen molar-refractivity contribution in [2.45, 2.75) is 30.8 Å². The summed E-state index contributed by atoms with van der Waals surface area (Å²) in [5.41, 5.74) is 3.36. The third-order valence-electron chi connectivity index (χ3n) is 5.11. The molecule has 0 saturated carbocycles. The smallest absolute Gasteiger partial charge is 0.160 e. The molecule has 0 N–H and O–H groups in total. The summed E-state index contributed by atoms with van der Waals surface area (Å²) in [6, 6.07) is 16.7. The first-order valence-corrected chi connectivity index (χ1v) is 10.1. The molecule has 0 aliphatic carbocycles. The van der Waals surface area contributed by atoms with E-state index in [1.54, 1.807) is 0 Å². The number of fused-ring (bicyclic) bond motifs is 1. The van der Waals surface area contributed by atoms with Gasteiger partial charge in [-0.25, -0.2) is 0 Å². The summed E-state index contributed by atoms with van der Waals surface area (Å²) in [4.78, 5) is 16.6. The average molecular weight is 376 g/mol. The normalized spacial score (nSPS) is 24.1. The lowest BCUT2D eigenvalue weighted by Crippen LogP contribution is -2.30. The Morgan fingerprint density at radius 3 is 2.67 bits per heavy atom. The van der Waals surface area contributed by atoms with Crippen LogP contribution in [0.1, 0.15) is 36.1 Å². The van der Waals surface area contributed by atoms with Gasteiger partial charge in [-0.1, -0.05) is 30.8 Å². The maximum Gasteiger partial charge on any atom is 0.160 e. The molecule has 0 spiro atoms. The van der Waals surface area contributed by atoms with E-state index >= 15 is 0 Å². The molecule has 0 bridgehead atoms. The summed E-state index contributed by atoms with van der Waals surface area (Å²) in [7, 11) is 0. The highest BCUT2D eigenvalue weighted by Crippen LogP contribution is 2.47. The summed E-state index contributed by atoms with van der Waals surface area (Å²) in [6.07, 6.45) is 5.85. The lowest BCUT2D eigenvalue weighted by Gasteiger charge is -2.28. The van der Waals surface area contributed by atoms with Gasteiger partial charge in [-0.3, -0.25) is 15.0 Å². The second-order valence-electron chi connectivity index (χ2n) is 7.02. The number of thioether (sulfide) groups is 1. The first-order valence-electron chi connectivity index (χ1n) is 9.26. The van der Waals surface area contributed by atoms with E-state index in [2.05, 4.69) is 56.8 Å². The van der Waals surface area contributed by atoms with Crippen molar-refractivity contribution in [1.29, 1.82) is 0 Å². The van der Waals surface area contributed by atoms with Crippen molar-refractivity contribution in [2.24, 2.45) is 4.99 Å². The molecule has 3 atom stereocenters. The molecule has 6 heteroatoms. The van der Waals surface area contributed by atoms with Crippen molar-refractivity contribution >= 4 is 16.9 Å². The Kier molecular flexibility index (Phi) is 4.20. The SMILES string of the molecule is CC1CN2C(=NC(c3ccccn3)C2c2cccn2Cc2ccccn2)S1. The molecule has 27 heavy (non-hydrogen) atoms. The van der Waals surface area contributed by atoms with Gasteiger partial charge in [-0.2, -0.15) is 0 Å². The van der Waals surface area contributed by atoms with Crippen LogP contribution in [0.2, 0.25) is 0 Å². The molecule has 0 aromatic carbocycles. The molecule has 1 saturated heterocycles. The maximum atomic E-state index is 5.07. The van der Waals surface area contributed by atoms with Crippen LogP contribution in [0.4, 0.5) is 0 Å². The minimum absolute atomic E-state index is 0.0265. The summed E-state index contributed by atoms with van der Waals surface area (Å²) >= 11 is 1.87. The van der Waals surface area contributed by atoms with Gasteiger partial charge < -0.3 is 9.47 Å². The van der Waals surface area contributed by atoms with E-state index in [-0.39, 0.29) is 12.1 Å². The monoisotopic (exact) mass is 375 g/mol. The lowest BCUT2D eigenvalue weighted by atomic mass is 10.0. The molecule has 3 aromatic rings. The number of aliphatic imine (C=N–C) groups is 1. The lowest BCUT2D eigenvalue weighted by molar-refractivity contribution is 0.307. The molecule has 5 heterocycles. The van der Waals surface area contributed by atoms with Crippen LogP contribution in [0.5, 0.6) is 0 Å². The van der Waals surface area contributed by atoms with E-state index in [4.69, 9.17) is 4.99 Å². The van der Waals surface area contributed by atoms with Crippen LogP contribution in [0.3, 0.4) is 0 Å². The Morgan fingerprint density at radius 1 is 1.04 bits per heavy atom. The highest BCUT2D eigenvalue weighted by molar-refractivity contribution is 8.14. The van der Waals surface area contributed by atoms with Crippen molar-refractivity contribution < 1.29 is 0 Å². The van der Waals surface area contributed by atoms with Gasteiger partial charge in [-0.15, -0.1) is 0 Å². The zero-order chi connectivity index (χ0) is 18.2. The largest absolute Gasteiger partial charge is 0.344 e. The predicted molar refractivity (Wildman–Crippen MR) is 109 cm³/mol. The molecular weight excluding hydrogens is 354 g/mol. The fourth-order valence-electron chi connectivity index (χ4n) is 3.94. The van der Waals surface area contributed by atoms with E-state index in [9.17, 15) is 0 Å². The molecule has 0 radical (unpaired) electrons. The quantitative estimate of drug-likeness (QED) is 0.693. The van der Waals surface area contributed by atoms with Crippen LogP contribution in [0.25, 0.3) is 0 Å². The van der Waals surface area contributed by atoms with Crippen molar-refractivity contribution in [3.63, 3.8) is 0 Å². The minimum Gasteiger partial charge on any atom is -0.344 e. The minimum atomic E-state index is 0.0265. The molecule has 136 valence electrons. The predicted octanol–water partition coefficient (Wildman–Crippen LogP) is 3.92. The van der Waals surface area contributed by atoms with E-state index in [0.29, 0.717) is 5.25 Å². The molecular formula is C21H21N5S. The van der Waals surface area contributed by atoms with Crippen LogP contribution in [-0.2, 0) is 6.54 Å². The van der Waals surface area contributed by atoms with Crippen LogP contribution >= 0.6 is 11.8 Å². The van der Waals surface area contributed by atoms with Crippen LogP contribution in [0.15, 0.2) is 72.1 Å². The standard InChI is InChI=1S/C21H21N5S/c1-15-13-26-20(19(24-21(26)27-15)17-8-3-5-11-23-17)18-9-6-12-25(18)14-16-7-2-4-10-22-16/h2-12,15,19-20H,13-14H2,1H3. The first kappa shape index (κ1) is 16.6. The number of amidine groups is 1. The summed E-state index contributed by atoms with van der Waals surface area (Å²) in [6.45, 7) is 4.05. The fraction of sp³-hybridized carbons (Fsp3) is 0.286. The first-order chi connectivity index (χ1) is 13.3. The van der Waals surface area contributed by atoms with Gasteiger partial charge in [0, 0.05) is 36.1 Å². The summed E-state index contributed by atoms with van der Waals surface area (Å²) < 4.78 is 2.30. The molecule has 0 amide bonds. The zero-order valence-electron chi connectivity index (χ0n) is 15.1. The van der Waals surface area contributed by atoms with E-state index in [1.165, 1.54) is 5.69 Å². The number of hydrogen-bond donors (Lipinski definition) is 0. The molecule has 2 aliphatic rings. The summed E-state index contributed by atoms with van der Waals surface area (Å²) in [5, 5.41) is 1.71. The second-order valence-corrected chi connectivity index (χ2v) is 8.42. The Labute approximate surface area is 163 Å². The van der Waals surface area contributed by atoms with Crippen LogP contribution in [0, 0.1) is 0 Å². The third-order valence-corrected chi connectivity index (χ3v) is 6.21. The van der Waals surface area contributed by atoms with Crippen molar-refractivity contribution in [3.8, 4) is 0 Å². The van der Waals surface area contributed by atoms with E-state index in [0.717, 1.165) is 29.6 Å². The summed E-state index contributed by atoms with van der Waals surface area (Å²) in [5.74, 6) is 0. The molecule has 3 aromatic heterocycles. The van der Waals surface area contributed by atoms with Gasteiger partial charge in [0.05, 0.1) is 24.0 Å². The zero-order valence-corrected chi connectivity index (χ0v) is 16.0. The van der Waals surface area contributed by atoms with Crippen LogP contribution in [-0.4, -0.2) is 36.4 Å². The highest BCUT2D eigenvalue weighted by atomic mass is 32.2. The van der Waals surface area contributed by atoms with E-state index < -0.39 is 0 Å². The fourth-order valence-corrected chi connectivity index (χ4v) is 5.04. The van der Waals surface area contributed by atoms with Gasteiger partial charge in [0.1, 0.15) is 6.04 Å².